The molecule has 2 aliphatic heterocycles. The molecular formula is C15H27N3O2. The minimum Gasteiger partial charge on any atom is -0.350 e. The van der Waals surface area contributed by atoms with E-state index in [0.717, 1.165) is 32.4 Å². The number of piperidine rings is 1. The molecular weight excluding hydrogens is 254 g/mol. The first-order valence-electron chi connectivity index (χ1n) is 8.16. The third-order valence-electron chi connectivity index (χ3n) is 5.15. The van der Waals surface area contributed by atoms with Crippen LogP contribution in [-0.4, -0.2) is 37.2 Å². The van der Waals surface area contributed by atoms with E-state index in [-0.39, 0.29) is 18.1 Å². The highest BCUT2D eigenvalue weighted by Gasteiger charge is 2.39. The van der Waals surface area contributed by atoms with Crippen LogP contribution in [0.1, 0.15) is 45.4 Å². The van der Waals surface area contributed by atoms with Gasteiger partial charge in [-0.15, -0.1) is 0 Å². The molecule has 1 aliphatic carbocycles. The largest absolute Gasteiger partial charge is 0.350 e. The highest BCUT2D eigenvalue weighted by atomic mass is 16.7. The van der Waals surface area contributed by atoms with Crippen LogP contribution in [0.2, 0.25) is 0 Å². The number of amides is 1. The van der Waals surface area contributed by atoms with Crippen molar-refractivity contribution in [3.05, 3.63) is 0 Å². The minimum absolute atomic E-state index is 0.0582. The van der Waals surface area contributed by atoms with E-state index in [0.29, 0.717) is 17.9 Å². The molecule has 3 fully saturated rings. The predicted molar refractivity (Wildman–Crippen MR) is 77.0 cm³/mol. The second kappa shape index (κ2) is 6.41. The second-order valence-electron chi connectivity index (χ2n) is 6.71. The summed E-state index contributed by atoms with van der Waals surface area (Å²) < 4.78 is 0. The summed E-state index contributed by atoms with van der Waals surface area (Å²) in [5.41, 5.74) is 3.16. The predicted octanol–water partition coefficient (Wildman–Crippen LogP) is 0.953. The Kier molecular flexibility index (Phi) is 4.58. The number of hydroxylamine groups is 1. The molecule has 1 amide bonds. The Hall–Kier alpha value is -0.650. The lowest BCUT2D eigenvalue weighted by atomic mass is 9.75. The van der Waals surface area contributed by atoms with E-state index >= 15 is 0 Å². The SMILES string of the molecule is CC1CCCC2CC(C(=O)NC3CCCNC3)ONC12. The van der Waals surface area contributed by atoms with Gasteiger partial charge in [0, 0.05) is 18.6 Å². The number of carbonyl (C=O) groups excluding carboxylic acids is 1. The fourth-order valence-corrected chi connectivity index (χ4v) is 3.92. The van der Waals surface area contributed by atoms with E-state index in [1.807, 2.05) is 0 Å². The van der Waals surface area contributed by atoms with E-state index in [9.17, 15) is 4.79 Å². The van der Waals surface area contributed by atoms with Crippen molar-refractivity contribution in [2.75, 3.05) is 13.1 Å². The minimum atomic E-state index is -0.316. The standard InChI is InChI=1S/C15H27N3O2/c1-10-4-2-5-11-8-13(20-18-14(10)11)15(19)17-12-6-3-7-16-9-12/h10-14,16,18H,2-9H2,1H3,(H,17,19). The third-order valence-corrected chi connectivity index (χ3v) is 5.15. The molecule has 114 valence electrons. The van der Waals surface area contributed by atoms with Crippen molar-refractivity contribution >= 4 is 5.91 Å². The van der Waals surface area contributed by atoms with Gasteiger partial charge in [0.2, 0.25) is 0 Å². The van der Waals surface area contributed by atoms with Crippen LogP contribution >= 0.6 is 0 Å². The molecule has 5 atom stereocenters. The Bertz CT molecular complexity index is 344. The van der Waals surface area contributed by atoms with Gasteiger partial charge in [0.15, 0.2) is 6.10 Å². The molecule has 0 aromatic rings. The molecule has 0 radical (unpaired) electrons. The zero-order valence-corrected chi connectivity index (χ0v) is 12.4. The van der Waals surface area contributed by atoms with Gasteiger partial charge in [0.25, 0.3) is 5.91 Å². The number of fused-ring (bicyclic) bond motifs is 1. The molecule has 5 unspecified atom stereocenters. The fourth-order valence-electron chi connectivity index (χ4n) is 3.92. The van der Waals surface area contributed by atoms with Crippen LogP contribution < -0.4 is 16.1 Å². The van der Waals surface area contributed by atoms with E-state index < -0.39 is 0 Å². The summed E-state index contributed by atoms with van der Waals surface area (Å²) in [6, 6.07) is 0.701. The zero-order chi connectivity index (χ0) is 13.9. The molecule has 3 rings (SSSR count). The molecule has 0 aromatic carbocycles. The Morgan fingerprint density at radius 3 is 2.95 bits per heavy atom. The Morgan fingerprint density at radius 1 is 1.25 bits per heavy atom. The van der Waals surface area contributed by atoms with Crippen molar-refractivity contribution in [2.24, 2.45) is 11.8 Å². The van der Waals surface area contributed by atoms with Gasteiger partial charge in [-0.05, 0) is 50.5 Å². The maximum Gasteiger partial charge on any atom is 0.251 e. The van der Waals surface area contributed by atoms with Crippen molar-refractivity contribution in [3.63, 3.8) is 0 Å². The number of carbonyl (C=O) groups is 1. The van der Waals surface area contributed by atoms with Gasteiger partial charge in [0.1, 0.15) is 0 Å². The lowest BCUT2D eigenvalue weighted by molar-refractivity contribution is -0.159. The van der Waals surface area contributed by atoms with E-state index in [2.05, 4.69) is 23.0 Å². The van der Waals surface area contributed by atoms with Gasteiger partial charge in [0.05, 0.1) is 0 Å². The first kappa shape index (κ1) is 14.3. The maximum atomic E-state index is 12.3. The van der Waals surface area contributed by atoms with Crippen molar-refractivity contribution in [1.82, 2.24) is 16.1 Å². The summed E-state index contributed by atoms with van der Waals surface area (Å²) in [6.45, 7) is 4.23. The molecule has 0 spiro atoms. The van der Waals surface area contributed by atoms with Crippen LogP contribution in [0.4, 0.5) is 0 Å². The lowest BCUT2D eigenvalue weighted by Gasteiger charge is -2.42. The number of hydrogen-bond donors (Lipinski definition) is 3. The molecule has 3 N–H and O–H groups in total. The van der Waals surface area contributed by atoms with Crippen LogP contribution in [0, 0.1) is 11.8 Å². The summed E-state index contributed by atoms with van der Waals surface area (Å²) in [4.78, 5) is 18.0. The molecule has 5 heteroatoms. The van der Waals surface area contributed by atoms with Gasteiger partial charge in [-0.25, -0.2) is 0 Å². The van der Waals surface area contributed by atoms with E-state index in [4.69, 9.17) is 4.84 Å². The Morgan fingerprint density at radius 2 is 2.15 bits per heavy atom. The Labute approximate surface area is 121 Å². The zero-order valence-electron chi connectivity index (χ0n) is 12.4. The van der Waals surface area contributed by atoms with Crippen LogP contribution in [0.25, 0.3) is 0 Å². The number of hydrogen-bond acceptors (Lipinski definition) is 4. The quantitative estimate of drug-likeness (QED) is 0.705. The van der Waals surface area contributed by atoms with E-state index in [1.165, 1.54) is 19.3 Å². The van der Waals surface area contributed by atoms with Gasteiger partial charge in [-0.1, -0.05) is 13.3 Å². The topological polar surface area (TPSA) is 62.4 Å². The van der Waals surface area contributed by atoms with Gasteiger partial charge in [-0.3, -0.25) is 9.63 Å². The second-order valence-corrected chi connectivity index (χ2v) is 6.71. The molecule has 1 saturated carbocycles. The van der Waals surface area contributed by atoms with Crippen LogP contribution in [-0.2, 0) is 9.63 Å². The Balaban J connectivity index is 1.51. The summed E-state index contributed by atoms with van der Waals surface area (Å²) >= 11 is 0. The van der Waals surface area contributed by atoms with Crippen LogP contribution in [0.5, 0.6) is 0 Å². The molecule has 5 nitrogen and oxygen atoms in total. The molecule has 0 bridgehead atoms. The van der Waals surface area contributed by atoms with Crippen molar-refractivity contribution in [1.29, 1.82) is 0 Å². The van der Waals surface area contributed by atoms with Gasteiger partial charge < -0.3 is 10.6 Å². The highest BCUT2D eigenvalue weighted by molar-refractivity contribution is 5.81. The van der Waals surface area contributed by atoms with Crippen molar-refractivity contribution in [3.8, 4) is 0 Å². The number of rotatable bonds is 2. The third kappa shape index (κ3) is 3.15. The van der Waals surface area contributed by atoms with Crippen LogP contribution in [0.15, 0.2) is 0 Å². The molecule has 0 aromatic heterocycles. The first-order valence-corrected chi connectivity index (χ1v) is 8.16. The normalized spacial score (nSPS) is 41.8. The monoisotopic (exact) mass is 281 g/mol. The fraction of sp³-hybridized carbons (Fsp3) is 0.933. The van der Waals surface area contributed by atoms with Gasteiger partial charge in [-0.2, -0.15) is 5.48 Å². The summed E-state index contributed by atoms with van der Waals surface area (Å²) in [5.74, 6) is 1.30. The number of nitrogens with one attached hydrogen (secondary N) is 3. The van der Waals surface area contributed by atoms with Gasteiger partial charge >= 0.3 is 0 Å². The van der Waals surface area contributed by atoms with Crippen molar-refractivity contribution in [2.45, 2.75) is 63.6 Å². The first-order chi connectivity index (χ1) is 9.74. The summed E-state index contributed by atoms with van der Waals surface area (Å²) in [5, 5.41) is 6.45. The lowest BCUT2D eigenvalue weighted by Crippen LogP contribution is -2.56. The average Bonchev–Trinajstić information content (AvgIpc) is 2.48. The molecule has 20 heavy (non-hydrogen) atoms. The summed E-state index contributed by atoms with van der Waals surface area (Å²) in [6.07, 6.45) is 6.53. The molecule has 3 aliphatic rings. The highest BCUT2D eigenvalue weighted by Crippen LogP contribution is 2.35. The molecule has 2 heterocycles. The van der Waals surface area contributed by atoms with E-state index in [1.54, 1.807) is 0 Å². The molecule has 2 saturated heterocycles. The smallest absolute Gasteiger partial charge is 0.251 e. The van der Waals surface area contributed by atoms with Crippen molar-refractivity contribution < 1.29 is 9.63 Å². The summed E-state index contributed by atoms with van der Waals surface area (Å²) in [7, 11) is 0. The van der Waals surface area contributed by atoms with Crippen LogP contribution in [0.3, 0.4) is 0 Å². The average molecular weight is 281 g/mol. The maximum absolute atomic E-state index is 12.3.